The highest BCUT2D eigenvalue weighted by Crippen LogP contribution is 2.35. The van der Waals surface area contributed by atoms with Crippen molar-refractivity contribution in [2.75, 3.05) is 12.3 Å². The van der Waals surface area contributed by atoms with Crippen molar-refractivity contribution in [2.45, 2.75) is 13.0 Å². The van der Waals surface area contributed by atoms with E-state index in [4.69, 9.17) is 5.73 Å². The van der Waals surface area contributed by atoms with Crippen LogP contribution in [0.5, 0.6) is 0 Å². The summed E-state index contributed by atoms with van der Waals surface area (Å²) in [4.78, 5) is 26.9. The molecular weight excluding hydrogens is 344 g/mol. The summed E-state index contributed by atoms with van der Waals surface area (Å²) in [6.07, 6.45) is 8.50. The number of aryl methyl sites for hydroxylation is 1. The molecule has 1 amide bonds. The van der Waals surface area contributed by atoms with Crippen molar-refractivity contribution in [1.29, 1.82) is 5.26 Å². The van der Waals surface area contributed by atoms with Gasteiger partial charge >= 0.3 is 0 Å². The molecule has 3 aromatic heterocycles. The normalized spacial score (nSPS) is 13.1. The number of nitriles is 1. The minimum absolute atomic E-state index is 0.198. The first-order chi connectivity index (χ1) is 13.1. The number of nitrogen functional groups attached to an aromatic ring is 1. The Morgan fingerprint density at radius 3 is 2.85 bits per heavy atom. The number of fused-ring (bicyclic) bond motifs is 1. The number of hydrogen-bond donors (Lipinski definition) is 1. The summed E-state index contributed by atoms with van der Waals surface area (Å²) in [5.41, 5.74) is 9.69. The Bertz CT molecular complexity index is 1070. The molecule has 9 nitrogen and oxygen atoms in total. The topological polar surface area (TPSA) is 127 Å². The molecule has 4 heterocycles. The maximum absolute atomic E-state index is 12.8. The van der Waals surface area contributed by atoms with Gasteiger partial charge in [-0.2, -0.15) is 10.4 Å². The van der Waals surface area contributed by atoms with Gasteiger partial charge in [-0.25, -0.2) is 9.97 Å². The minimum atomic E-state index is -0.207. The van der Waals surface area contributed by atoms with Crippen LogP contribution in [0, 0.1) is 11.3 Å². The second-order valence-electron chi connectivity index (χ2n) is 6.25. The summed E-state index contributed by atoms with van der Waals surface area (Å²) >= 11 is 0. The van der Waals surface area contributed by atoms with E-state index in [1.54, 1.807) is 22.8 Å². The van der Waals surface area contributed by atoms with E-state index in [-0.39, 0.29) is 17.4 Å². The number of nitrogens with two attached hydrogens (primary N) is 1. The van der Waals surface area contributed by atoms with Crippen LogP contribution in [0.15, 0.2) is 31.0 Å². The van der Waals surface area contributed by atoms with Gasteiger partial charge in [0.05, 0.1) is 18.1 Å². The lowest BCUT2D eigenvalue weighted by molar-refractivity contribution is 0.0727. The van der Waals surface area contributed by atoms with E-state index in [9.17, 15) is 10.1 Å². The number of aromatic nitrogens is 5. The number of pyridine rings is 1. The molecule has 3 aromatic rings. The highest BCUT2D eigenvalue weighted by molar-refractivity contribution is 5.92. The Labute approximate surface area is 155 Å². The molecular formula is C18H16N8O. The highest BCUT2D eigenvalue weighted by atomic mass is 16.2. The molecule has 0 bridgehead atoms. The molecule has 9 heteroatoms. The van der Waals surface area contributed by atoms with Gasteiger partial charge in [0.1, 0.15) is 23.1 Å². The smallest absolute Gasteiger partial charge is 0.274 e. The van der Waals surface area contributed by atoms with Gasteiger partial charge in [0.2, 0.25) is 0 Å². The summed E-state index contributed by atoms with van der Waals surface area (Å²) in [6, 6.07) is 2.15. The van der Waals surface area contributed by atoms with Crippen molar-refractivity contribution in [3.8, 4) is 17.2 Å². The Morgan fingerprint density at radius 2 is 2.19 bits per heavy atom. The molecule has 1 aliphatic rings. The second-order valence-corrected chi connectivity index (χ2v) is 6.25. The first-order valence-corrected chi connectivity index (χ1v) is 8.34. The Morgan fingerprint density at radius 1 is 1.33 bits per heavy atom. The minimum Gasteiger partial charge on any atom is -0.383 e. The number of anilines is 1. The zero-order valence-corrected chi connectivity index (χ0v) is 14.6. The third kappa shape index (κ3) is 2.87. The molecule has 0 saturated carbocycles. The Hall–Kier alpha value is -3.80. The van der Waals surface area contributed by atoms with Crippen LogP contribution in [0.2, 0.25) is 0 Å². The third-order valence-corrected chi connectivity index (χ3v) is 4.55. The van der Waals surface area contributed by atoms with Crippen molar-refractivity contribution in [3.05, 3.63) is 53.5 Å². The van der Waals surface area contributed by atoms with E-state index in [1.807, 2.05) is 6.20 Å². The van der Waals surface area contributed by atoms with Gasteiger partial charge in [-0.1, -0.05) is 0 Å². The summed E-state index contributed by atoms with van der Waals surface area (Å²) in [7, 11) is 1.80. The zero-order chi connectivity index (χ0) is 19.0. The molecule has 0 saturated heterocycles. The van der Waals surface area contributed by atoms with Crippen molar-refractivity contribution >= 4 is 11.7 Å². The van der Waals surface area contributed by atoms with Crippen LogP contribution in [0.4, 0.5) is 5.82 Å². The number of carbonyl (C=O) groups excluding carboxylic acids is 1. The molecule has 0 atom stereocenters. The summed E-state index contributed by atoms with van der Waals surface area (Å²) < 4.78 is 1.66. The maximum atomic E-state index is 12.8. The van der Waals surface area contributed by atoms with Crippen LogP contribution >= 0.6 is 0 Å². The van der Waals surface area contributed by atoms with Crippen LogP contribution in [0.3, 0.4) is 0 Å². The number of rotatable bonds is 2. The van der Waals surface area contributed by atoms with E-state index in [0.717, 1.165) is 16.8 Å². The van der Waals surface area contributed by atoms with E-state index >= 15 is 0 Å². The SMILES string of the molecule is Cn1cc(-c2c(C#N)c(N)nc3c2CN(C(=O)c2cnccn2)CC3)cn1. The molecule has 1 aliphatic heterocycles. The van der Waals surface area contributed by atoms with Crippen molar-refractivity contribution < 1.29 is 4.79 Å². The van der Waals surface area contributed by atoms with E-state index in [1.165, 1.54) is 18.6 Å². The van der Waals surface area contributed by atoms with Gasteiger partial charge in [-0.15, -0.1) is 0 Å². The molecule has 0 aliphatic carbocycles. The van der Waals surface area contributed by atoms with E-state index in [0.29, 0.717) is 30.6 Å². The fourth-order valence-electron chi connectivity index (χ4n) is 3.31. The predicted octanol–water partition coefficient (Wildman–Crippen LogP) is 0.924. The van der Waals surface area contributed by atoms with Gasteiger partial charge < -0.3 is 10.6 Å². The van der Waals surface area contributed by atoms with Crippen LogP contribution < -0.4 is 5.73 Å². The first-order valence-electron chi connectivity index (χ1n) is 8.34. The molecule has 0 fully saturated rings. The van der Waals surface area contributed by atoms with Crippen LogP contribution in [-0.2, 0) is 20.0 Å². The van der Waals surface area contributed by atoms with Crippen LogP contribution in [0.25, 0.3) is 11.1 Å². The average Bonchev–Trinajstić information content (AvgIpc) is 3.12. The molecule has 0 spiro atoms. The highest BCUT2D eigenvalue weighted by Gasteiger charge is 2.29. The number of hydrogen-bond acceptors (Lipinski definition) is 7. The van der Waals surface area contributed by atoms with Crippen molar-refractivity contribution in [2.24, 2.45) is 7.05 Å². The van der Waals surface area contributed by atoms with Gasteiger partial charge in [0.15, 0.2) is 0 Å². The molecule has 0 unspecified atom stereocenters. The molecule has 4 rings (SSSR count). The first kappa shape index (κ1) is 16.7. The largest absolute Gasteiger partial charge is 0.383 e. The Balaban J connectivity index is 1.80. The van der Waals surface area contributed by atoms with Gasteiger partial charge in [-0.3, -0.25) is 14.5 Å². The fraction of sp³-hybridized carbons (Fsp3) is 0.222. The average molecular weight is 360 g/mol. The molecule has 0 aromatic carbocycles. The number of amides is 1. The maximum Gasteiger partial charge on any atom is 0.274 e. The molecule has 0 radical (unpaired) electrons. The molecule has 134 valence electrons. The van der Waals surface area contributed by atoms with Crippen molar-refractivity contribution in [3.63, 3.8) is 0 Å². The zero-order valence-electron chi connectivity index (χ0n) is 14.6. The number of nitrogens with zero attached hydrogens (tertiary/aromatic N) is 7. The molecule has 2 N–H and O–H groups in total. The third-order valence-electron chi connectivity index (χ3n) is 4.55. The lowest BCUT2D eigenvalue weighted by Crippen LogP contribution is -2.37. The molecule has 27 heavy (non-hydrogen) atoms. The summed E-state index contributed by atoms with van der Waals surface area (Å²) in [6.45, 7) is 0.810. The number of carbonyl (C=O) groups is 1. The van der Waals surface area contributed by atoms with Gasteiger partial charge in [0.25, 0.3) is 5.91 Å². The summed E-state index contributed by atoms with van der Waals surface area (Å²) in [5, 5.41) is 13.8. The lowest BCUT2D eigenvalue weighted by atomic mass is 9.92. The van der Waals surface area contributed by atoms with Gasteiger partial charge in [-0.05, 0) is 0 Å². The second kappa shape index (κ2) is 6.49. The van der Waals surface area contributed by atoms with Crippen LogP contribution in [0.1, 0.15) is 27.3 Å². The van der Waals surface area contributed by atoms with E-state index in [2.05, 4.69) is 26.1 Å². The van der Waals surface area contributed by atoms with Gasteiger partial charge in [0, 0.05) is 61.8 Å². The van der Waals surface area contributed by atoms with Crippen molar-refractivity contribution in [1.82, 2.24) is 29.6 Å². The monoisotopic (exact) mass is 360 g/mol. The van der Waals surface area contributed by atoms with E-state index < -0.39 is 0 Å². The fourth-order valence-corrected chi connectivity index (χ4v) is 3.31. The predicted molar refractivity (Wildman–Crippen MR) is 96.0 cm³/mol. The van der Waals surface area contributed by atoms with Crippen LogP contribution in [-0.4, -0.2) is 42.1 Å². The standard InChI is InChI=1S/C18H16N8O/c1-25-9-11(7-23-25)16-12(6-19)17(20)24-14-2-5-26(10-13(14)16)18(27)15-8-21-3-4-22-15/h3-4,7-9H,2,5,10H2,1H3,(H2,20,24). The quantitative estimate of drug-likeness (QED) is 0.720. The summed E-state index contributed by atoms with van der Waals surface area (Å²) in [5.74, 6) is -0.00924. The Kier molecular flexibility index (Phi) is 4.01. The lowest BCUT2D eigenvalue weighted by Gasteiger charge is -2.30.